The van der Waals surface area contributed by atoms with Gasteiger partial charge in [-0.1, -0.05) is 5.73 Å². The number of likely N-dealkylation sites (tertiary alicyclic amines) is 1. The third-order valence-corrected chi connectivity index (χ3v) is 2.38. The predicted octanol–water partition coefficient (Wildman–Crippen LogP) is 1.18. The fourth-order valence-corrected chi connectivity index (χ4v) is 1.43. The van der Waals surface area contributed by atoms with Gasteiger partial charge in [0.05, 0.1) is 25.5 Å². The second-order valence-corrected chi connectivity index (χ2v) is 3.48. The van der Waals surface area contributed by atoms with Crippen molar-refractivity contribution in [1.29, 1.82) is 0 Å². The van der Waals surface area contributed by atoms with Gasteiger partial charge in [0.2, 0.25) is 5.91 Å². The van der Waals surface area contributed by atoms with Crippen LogP contribution < -0.4 is 0 Å². The Hall–Kier alpha value is -2.26. The highest BCUT2D eigenvalue weighted by Gasteiger charge is 2.32. The van der Waals surface area contributed by atoms with E-state index in [0.717, 1.165) is 0 Å². The molecule has 1 aliphatic heterocycles. The van der Waals surface area contributed by atoms with Crippen LogP contribution in [0.15, 0.2) is 34.2 Å². The summed E-state index contributed by atoms with van der Waals surface area (Å²) in [5.41, 5.74) is 3.59. The summed E-state index contributed by atoms with van der Waals surface area (Å²) in [4.78, 5) is 23.7. The molecule has 0 atom stereocenters. The lowest BCUT2D eigenvalue weighted by molar-refractivity contribution is -0.148. The fraction of sp³-hybridized carbons (Fsp3) is 0.250. The smallest absolute Gasteiger partial charge is 0.325 e. The molecule has 0 aromatic carbocycles. The molecular weight excluding hydrogens is 222 g/mol. The Morgan fingerprint density at radius 2 is 2.53 bits per heavy atom. The fourth-order valence-electron chi connectivity index (χ4n) is 1.43. The van der Waals surface area contributed by atoms with Crippen LogP contribution in [0.25, 0.3) is 6.08 Å². The minimum atomic E-state index is -0.449. The summed E-state index contributed by atoms with van der Waals surface area (Å²) in [7, 11) is 1.29. The molecule has 0 N–H and O–H groups in total. The summed E-state index contributed by atoms with van der Waals surface area (Å²) in [5, 5.41) is 0. The molecule has 1 amide bonds. The molecule has 0 unspecified atom stereocenters. The van der Waals surface area contributed by atoms with Crippen molar-refractivity contribution in [2.75, 3.05) is 13.7 Å². The van der Waals surface area contributed by atoms with Crippen molar-refractivity contribution in [3.8, 4) is 0 Å². The molecule has 1 fully saturated rings. The highest BCUT2D eigenvalue weighted by atomic mass is 16.5. The largest absolute Gasteiger partial charge is 0.468 e. The highest BCUT2D eigenvalue weighted by Crippen LogP contribution is 2.22. The van der Waals surface area contributed by atoms with Gasteiger partial charge in [-0.2, -0.15) is 0 Å². The first kappa shape index (κ1) is 11.2. The number of hydrogen-bond donors (Lipinski definition) is 0. The maximum atomic E-state index is 11.3. The first-order valence-corrected chi connectivity index (χ1v) is 5.07. The summed E-state index contributed by atoms with van der Waals surface area (Å²) in [6.45, 7) is -0.0658. The molecule has 5 nitrogen and oxygen atoms in total. The lowest BCUT2D eigenvalue weighted by Crippen LogP contribution is -2.44. The summed E-state index contributed by atoms with van der Waals surface area (Å²) < 4.78 is 9.59. The van der Waals surface area contributed by atoms with Crippen LogP contribution in [0.5, 0.6) is 0 Å². The molecule has 5 heteroatoms. The minimum absolute atomic E-state index is 0.0658. The van der Waals surface area contributed by atoms with E-state index in [1.165, 1.54) is 12.0 Å². The van der Waals surface area contributed by atoms with E-state index in [0.29, 0.717) is 11.5 Å². The Morgan fingerprint density at radius 3 is 3.12 bits per heavy atom. The molecule has 2 rings (SSSR count). The zero-order chi connectivity index (χ0) is 12.3. The zero-order valence-electron chi connectivity index (χ0n) is 9.30. The van der Waals surface area contributed by atoms with Crippen molar-refractivity contribution >= 4 is 18.0 Å². The SMILES string of the molecule is COC(=O)CN1C(=O)CC1=C=Cc1ccco1. The van der Waals surface area contributed by atoms with E-state index in [4.69, 9.17) is 4.42 Å². The van der Waals surface area contributed by atoms with Crippen molar-refractivity contribution in [2.45, 2.75) is 6.42 Å². The summed E-state index contributed by atoms with van der Waals surface area (Å²) in [6.07, 6.45) is 3.47. The normalized spacial score (nSPS) is 14.1. The van der Waals surface area contributed by atoms with Crippen LogP contribution in [0.3, 0.4) is 0 Å². The number of ether oxygens (including phenoxy) is 1. The zero-order valence-corrected chi connectivity index (χ0v) is 9.30. The van der Waals surface area contributed by atoms with E-state index in [2.05, 4.69) is 10.5 Å². The Kier molecular flexibility index (Phi) is 3.12. The van der Waals surface area contributed by atoms with E-state index in [1.54, 1.807) is 24.5 Å². The van der Waals surface area contributed by atoms with Gasteiger partial charge in [-0.3, -0.25) is 14.5 Å². The van der Waals surface area contributed by atoms with Crippen molar-refractivity contribution < 1.29 is 18.7 Å². The van der Waals surface area contributed by atoms with Crippen LogP contribution in [0.1, 0.15) is 12.2 Å². The summed E-state index contributed by atoms with van der Waals surface area (Å²) in [6, 6.07) is 3.54. The Bertz CT molecular complexity index is 495. The van der Waals surface area contributed by atoms with E-state index in [9.17, 15) is 9.59 Å². The van der Waals surface area contributed by atoms with Gasteiger partial charge in [0.1, 0.15) is 12.3 Å². The molecule has 1 aromatic heterocycles. The van der Waals surface area contributed by atoms with Crippen LogP contribution in [-0.4, -0.2) is 30.4 Å². The number of carbonyl (C=O) groups is 2. The average Bonchev–Trinajstić information content (AvgIpc) is 2.84. The highest BCUT2D eigenvalue weighted by molar-refractivity contribution is 5.91. The average molecular weight is 233 g/mol. The summed E-state index contributed by atoms with van der Waals surface area (Å²) >= 11 is 0. The lowest BCUT2D eigenvalue weighted by Gasteiger charge is -2.31. The van der Waals surface area contributed by atoms with E-state index < -0.39 is 5.97 Å². The van der Waals surface area contributed by atoms with Gasteiger partial charge in [-0.05, 0) is 12.1 Å². The quantitative estimate of drug-likeness (QED) is 0.447. The van der Waals surface area contributed by atoms with Gasteiger partial charge in [0.15, 0.2) is 0 Å². The van der Waals surface area contributed by atoms with Crippen molar-refractivity contribution in [3.63, 3.8) is 0 Å². The molecule has 1 aliphatic rings. The van der Waals surface area contributed by atoms with Gasteiger partial charge in [-0.15, -0.1) is 0 Å². The minimum Gasteiger partial charge on any atom is -0.468 e. The molecule has 0 spiro atoms. The predicted molar refractivity (Wildman–Crippen MR) is 58.5 cm³/mol. The number of nitrogens with zero attached hydrogens (tertiary/aromatic N) is 1. The number of amides is 1. The second kappa shape index (κ2) is 4.72. The summed E-state index contributed by atoms with van der Waals surface area (Å²) in [5.74, 6) is 0.0935. The number of carbonyl (C=O) groups excluding carboxylic acids is 2. The molecule has 0 radical (unpaired) electrons. The molecule has 0 saturated carbocycles. The van der Waals surface area contributed by atoms with E-state index in [-0.39, 0.29) is 18.9 Å². The number of rotatable bonds is 3. The lowest BCUT2D eigenvalue weighted by atomic mass is 10.1. The molecule has 2 heterocycles. The first-order chi connectivity index (χ1) is 8.20. The third kappa shape index (κ3) is 2.46. The number of β-lactam (4-membered cyclic amide) rings is 1. The number of methoxy groups -OCH3 is 1. The maximum absolute atomic E-state index is 11.3. The molecule has 88 valence electrons. The molecule has 17 heavy (non-hydrogen) atoms. The second-order valence-electron chi connectivity index (χ2n) is 3.48. The van der Waals surface area contributed by atoms with Crippen molar-refractivity contribution in [3.05, 3.63) is 35.6 Å². The Balaban J connectivity index is 2.09. The van der Waals surface area contributed by atoms with E-state index in [1.807, 2.05) is 0 Å². The van der Waals surface area contributed by atoms with Crippen molar-refractivity contribution in [1.82, 2.24) is 4.90 Å². The van der Waals surface area contributed by atoms with Crippen LogP contribution in [0.4, 0.5) is 0 Å². The Morgan fingerprint density at radius 1 is 1.71 bits per heavy atom. The van der Waals surface area contributed by atoms with Gasteiger partial charge in [0.25, 0.3) is 0 Å². The monoisotopic (exact) mass is 233 g/mol. The molecule has 0 aliphatic carbocycles. The molecule has 0 bridgehead atoms. The Labute approximate surface area is 98.0 Å². The number of hydrogen-bond acceptors (Lipinski definition) is 4. The standard InChI is InChI=1S/C12H11NO4/c1-16-12(15)8-13-9(7-11(13)14)4-5-10-3-2-6-17-10/h2-3,5-6H,7-8H2,1H3. The van der Waals surface area contributed by atoms with Crippen LogP contribution >= 0.6 is 0 Å². The van der Waals surface area contributed by atoms with Crippen LogP contribution in [0.2, 0.25) is 0 Å². The first-order valence-electron chi connectivity index (χ1n) is 5.07. The van der Waals surface area contributed by atoms with Crippen LogP contribution in [0, 0.1) is 0 Å². The van der Waals surface area contributed by atoms with Gasteiger partial charge in [0, 0.05) is 6.08 Å². The molecule has 1 saturated heterocycles. The molecule has 1 aromatic rings. The van der Waals surface area contributed by atoms with Gasteiger partial charge in [-0.25, -0.2) is 0 Å². The number of esters is 1. The molecular formula is C12H11NO4. The van der Waals surface area contributed by atoms with Crippen LogP contribution in [-0.2, 0) is 14.3 Å². The van der Waals surface area contributed by atoms with Gasteiger partial charge < -0.3 is 9.15 Å². The van der Waals surface area contributed by atoms with E-state index >= 15 is 0 Å². The number of furan rings is 1. The third-order valence-electron chi connectivity index (χ3n) is 2.38. The topological polar surface area (TPSA) is 59.8 Å². The maximum Gasteiger partial charge on any atom is 0.325 e. The van der Waals surface area contributed by atoms with Crippen molar-refractivity contribution in [2.24, 2.45) is 0 Å². The van der Waals surface area contributed by atoms with Gasteiger partial charge >= 0.3 is 5.97 Å².